The van der Waals surface area contributed by atoms with Gasteiger partial charge in [-0.25, -0.2) is 0 Å². The summed E-state index contributed by atoms with van der Waals surface area (Å²) in [5, 5.41) is 0. The zero-order valence-corrected chi connectivity index (χ0v) is 12.6. The SMILES string of the molecule is CCCCCC1=CCN(c2ccc(OCC)cc2)C=C1. The molecule has 1 aromatic rings. The maximum absolute atomic E-state index is 5.47. The van der Waals surface area contributed by atoms with Gasteiger partial charge in [-0.15, -0.1) is 0 Å². The van der Waals surface area contributed by atoms with Crippen LogP contribution in [0, 0.1) is 0 Å². The van der Waals surface area contributed by atoms with Gasteiger partial charge in [-0.2, -0.15) is 0 Å². The molecule has 2 rings (SSSR count). The molecule has 0 aromatic heterocycles. The van der Waals surface area contributed by atoms with Gasteiger partial charge in [0.1, 0.15) is 5.75 Å². The lowest BCUT2D eigenvalue weighted by atomic mass is 10.1. The molecule has 108 valence electrons. The minimum atomic E-state index is 0.715. The molecule has 1 heterocycles. The predicted octanol–water partition coefficient (Wildman–Crippen LogP) is 4.93. The Morgan fingerprint density at radius 1 is 1.10 bits per heavy atom. The Labute approximate surface area is 122 Å². The number of hydrogen-bond acceptors (Lipinski definition) is 2. The Morgan fingerprint density at radius 2 is 1.90 bits per heavy atom. The van der Waals surface area contributed by atoms with Crippen LogP contribution in [0.4, 0.5) is 5.69 Å². The molecule has 0 N–H and O–H groups in total. The van der Waals surface area contributed by atoms with Crippen LogP contribution in [0.5, 0.6) is 5.75 Å². The van der Waals surface area contributed by atoms with Crippen molar-refractivity contribution in [3.05, 3.63) is 48.2 Å². The summed E-state index contributed by atoms with van der Waals surface area (Å²) in [6, 6.07) is 8.30. The first-order valence-electron chi connectivity index (χ1n) is 7.70. The molecule has 1 aliphatic heterocycles. The van der Waals surface area contributed by atoms with Crippen LogP contribution >= 0.6 is 0 Å². The van der Waals surface area contributed by atoms with E-state index < -0.39 is 0 Å². The Bertz CT molecular complexity index is 459. The second-order valence-corrected chi connectivity index (χ2v) is 5.13. The lowest BCUT2D eigenvalue weighted by Gasteiger charge is -2.23. The van der Waals surface area contributed by atoms with E-state index in [1.165, 1.54) is 36.9 Å². The van der Waals surface area contributed by atoms with Crippen LogP contribution in [0.1, 0.15) is 39.5 Å². The van der Waals surface area contributed by atoms with Gasteiger partial charge in [0.15, 0.2) is 0 Å². The minimum absolute atomic E-state index is 0.715. The van der Waals surface area contributed by atoms with Gasteiger partial charge < -0.3 is 9.64 Å². The molecule has 0 fully saturated rings. The first kappa shape index (κ1) is 14.7. The standard InChI is InChI=1S/C18H25NO/c1-3-5-6-7-16-12-14-19(15-13-16)17-8-10-18(11-9-17)20-4-2/h8-14H,3-7,15H2,1-2H3. The average molecular weight is 271 g/mol. The van der Waals surface area contributed by atoms with Gasteiger partial charge in [-0.1, -0.05) is 25.8 Å². The number of unbranched alkanes of at least 4 members (excludes halogenated alkanes) is 2. The maximum Gasteiger partial charge on any atom is 0.119 e. The zero-order chi connectivity index (χ0) is 14.2. The quantitative estimate of drug-likeness (QED) is 0.652. The van der Waals surface area contributed by atoms with E-state index in [9.17, 15) is 0 Å². The second-order valence-electron chi connectivity index (χ2n) is 5.13. The van der Waals surface area contributed by atoms with E-state index in [1.807, 2.05) is 19.1 Å². The van der Waals surface area contributed by atoms with Crippen LogP contribution in [0.3, 0.4) is 0 Å². The molecule has 20 heavy (non-hydrogen) atoms. The van der Waals surface area contributed by atoms with Gasteiger partial charge in [0.05, 0.1) is 6.61 Å². The monoisotopic (exact) mass is 271 g/mol. The molecule has 0 aliphatic carbocycles. The lowest BCUT2D eigenvalue weighted by molar-refractivity contribution is 0.340. The van der Waals surface area contributed by atoms with Crippen molar-refractivity contribution in [1.29, 1.82) is 0 Å². The molecule has 0 saturated carbocycles. The molecule has 0 radical (unpaired) electrons. The zero-order valence-electron chi connectivity index (χ0n) is 12.6. The summed E-state index contributed by atoms with van der Waals surface area (Å²) in [5.74, 6) is 0.938. The van der Waals surface area contributed by atoms with Gasteiger partial charge in [-0.3, -0.25) is 0 Å². The molecule has 2 nitrogen and oxygen atoms in total. The number of ether oxygens (including phenoxy) is 1. The lowest BCUT2D eigenvalue weighted by Crippen LogP contribution is -2.18. The van der Waals surface area contributed by atoms with Crippen molar-refractivity contribution < 1.29 is 4.74 Å². The molecule has 0 atom stereocenters. The normalized spacial score (nSPS) is 14.3. The summed E-state index contributed by atoms with van der Waals surface area (Å²) in [4.78, 5) is 2.26. The molecule has 0 bridgehead atoms. The fourth-order valence-corrected chi connectivity index (χ4v) is 2.39. The van der Waals surface area contributed by atoms with Crippen molar-refractivity contribution in [3.63, 3.8) is 0 Å². The Morgan fingerprint density at radius 3 is 2.50 bits per heavy atom. The number of nitrogens with zero attached hydrogens (tertiary/aromatic N) is 1. The predicted molar refractivity (Wildman–Crippen MR) is 86.3 cm³/mol. The summed E-state index contributed by atoms with van der Waals surface area (Å²) in [6.07, 6.45) is 11.9. The Hall–Kier alpha value is -1.70. The van der Waals surface area contributed by atoms with Crippen molar-refractivity contribution >= 4 is 5.69 Å². The van der Waals surface area contributed by atoms with E-state index in [1.54, 1.807) is 0 Å². The molecule has 0 saturated heterocycles. The topological polar surface area (TPSA) is 12.5 Å². The molecule has 0 unspecified atom stereocenters. The van der Waals surface area contributed by atoms with E-state index in [0.29, 0.717) is 6.61 Å². The van der Waals surface area contributed by atoms with Gasteiger partial charge in [-0.05, 0) is 55.7 Å². The second kappa shape index (κ2) is 7.78. The van der Waals surface area contributed by atoms with Crippen molar-refractivity contribution in [2.45, 2.75) is 39.5 Å². The number of benzene rings is 1. The van der Waals surface area contributed by atoms with E-state index in [0.717, 1.165) is 12.3 Å². The largest absolute Gasteiger partial charge is 0.494 e. The van der Waals surface area contributed by atoms with Crippen LogP contribution in [0.25, 0.3) is 0 Å². The van der Waals surface area contributed by atoms with Crippen LogP contribution in [-0.2, 0) is 0 Å². The van der Waals surface area contributed by atoms with E-state index in [2.05, 4.69) is 42.3 Å². The van der Waals surface area contributed by atoms with Gasteiger partial charge in [0, 0.05) is 18.4 Å². The highest BCUT2D eigenvalue weighted by atomic mass is 16.5. The fourth-order valence-electron chi connectivity index (χ4n) is 2.39. The van der Waals surface area contributed by atoms with E-state index in [4.69, 9.17) is 4.74 Å². The van der Waals surface area contributed by atoms with Gasteiger partial charge in [0.2, 0.25) is 0 Å². The molecular weight excluding hydrogens is 246 g/mol. The van der Waals surface area contributed by atoms with Crippen LogP contribution < -0.4 is 9.64 Å². The minimum Gasteiger partial charge on any atom is -0.494 e. The van der Waals surface area contributed by atoms with Crippen LogP contribution in [0.2, 0.25) is 0 Å². The van der Waals surface area contributed by atoms with E-state index >= 15 is 0 Å². The summed E-state index contributed by atoms with van der Waals surface area (Å²) >= 11 is 0. The fraction of sp³-hybridized carbons (Fsp3) is 0.444. The van der Waals surface area contributed by atoms with Gasteiger partial charge in [0.25, 0.3) is 0 Å². The highest BCUT2D eigenvalue weighted by Gasteiger charge is 2.07. The summed E-state index contributed by atoms with van der Waals surface area (Å²) in [6.45, 7) is 5.93. The Kier molecular flexibility index (Phi) is 5.72. The molecule has 1 aliphatic rings. The number of rotatable bonds is 7. The summed E-state index contributed by atoms with van der Waals surface area (Å²) in [7, 11) is 0. The van der Waals surface area contributed by atoms with Crippen molar-refractivity contribution in [2.75, 3.05) is 18.1 Å². The van der Waals surface area contributed by atoms with Crippen molar-refractivity contribution in [2.24, 2.45) is 0 Å². The van der Waals surface area contributed by atoms with Crippen LogP contribution in [-0.4, -0.2) is 13.2 Å². The Balaban J connectivity index is 1.88. The van der Waals surface area contributed by atoms with E-state index in [-0.39, 0.29) is 0 Å². The first-order valence-corrected chi connectivity index (χ1v) is 7.70. The summed E-state index contributed by atoms with van der Waals surface area (Å²) < 4.78 is 5.47. The average Bonchev–Trinajstić information content (AvgIpc) is 2.49. The highest BCUT2D eigenvalue weighted by Crippen LogP contribution is 2.23. The van der Waals surface area contributed by atoms with Crippen molar-refractivity contribution in [1.82, 2.24) is 0 Å². The number of allylic oxidation sites excluding steroid dienone is 2. The first-order chi connectivity index (χ1) is 9.83. The molecule has 2 heteroatoms. The number of hydrogen-bond donors (Lipinski definition) is 0. The third kappa shape index (κ3) is 4.16. The molecular formula is C18H25NO. The summed E-state index contributed by atoms with van der Waals surface area (Å²) in [5.41, 5.74) is 2.69. The smallest absolute Gasteiger partial charge is 0.119 e. The third-order valence-electron chi connectivity index (χ3n) is 3.57. The number of anilines is 1. The van der Waals surface area contributed by atoms with Crippen molar-refractivity contribution in [3.8, 4) is 5.75 Å². The molecule has 0 amide bonds. The van der Waals surface area contributed by atoms with Crippen LogP contribution in [0.15, 0.2) is 48.2 Å². The molecule has 0 spiro atoms. The third-order valence-corrected chi connectivity index (χ3v) is 3.57. The molecule has 1 aromatic carbocycles. The maximum atomic E-state index is 5.47. The van der Waals surface area contributed by atoms with Gasteiger partial charge >= 0.3 is 0 Å². The highest BCUT2D eigenvalue weighted by molar-refractivity contribution is 5.54.